The third-order valence-corrected chi connectivity index (χ3v) is 5.88. The smallest absolute Gasteiger partial charge is 0.0337 e. The normalized spacial score (nSPS) is 24.1. The maximum absolute atomic E-state index is 3.65. The molecule has 1 spiro atoms. The van der Waals surface area contributed by atoms with E-state index in [0.29, 0.717) is 11.6 Å². The van der Waals surface area contributed by atoms with Crippen LogP contribution in [0.15, 0.2) is 28.7 Å². The van der Waals surface area contributed by atoms with E-state index in [0.717, 1.165) is 13.0 Å². The molecule has 0 amide bonds. The van der Waals surface area contributed by atoms with Gasteiger partial charge < -0.3 is 5.32 Å². The number of benzene rings is 1. The van der Waals surface area contributed by atoms with Crippen LogP contribution in [0.2, 0.25) is 0 Å². The van der Waals surface area contributed by atoms with Gasteiger partial charge >= 0.3 is 0 Å². The van der Waals surface area contributed by atoms with Crippen LogP contribution in [-0.4, -0.2) is 36.1 Å². The number of nitrogens with zero attached hydrogens (tertiary/aromatic N) is 1. The molecule has 3 rings (SSSR count). The summed E-state index contributed by atoms with van der Waals surface area (Å²) < 4.78 is 1.17. The molecule has 1 unspecified atom stereocenters. The molecule has 0 bridgehead atoms. The summed E-state index contributed by atoms with van der Waals surface area (Å²) in [5.74, 6) is 0. The Morgan fingerprint density at radius 3 is 2.62 bits per heavy atom. The molecule has 1 atom stereocenters. The molecule has 1 N–H and O–H groups in total. The zero-order valence-corrected chi connectivity index (χ0v) is 14.7. The van der Waals surface area contributed by atoms with Gasteiger partial charge in [-0.1, -0.05) is 47.3 Å². The summed E-state index contributed by atoms with van der Waals surface area (Å²) in [5, 5.41) is 3.65. The lowest BCUT2D eigenvalue weighted by molar-refractivity contribution is -0.00172. The molecule has 2 nitrogen and oxygen atoms in total. The largest absolute Gasteiger partial charge is 0.314 e. The van der Waals surface area contributed by atoms with E-state index in [1.165, 1.54) is 55.2 Å². The van der Waals surface area contributed by atoms with Crippen molar-refractivity contribution in [3.8, 4) is 0 Å². The first-order valence-corrected chi connectivity index (χ1v) is 9.21. The summed E-state index contributed by atoms with van der Waals surface area (Å²) in [5.41, 5.74) is 1.89. The summed E-state index contributed by atoms with van der Waals surface area (Å²) in [6.45, 7) is 5.96. The molecule has 1 aliphatic carbocycles. The van der Waals surface area contributed by atoms with E-state index < -0.39 is 0 Å². The number of nitrogens with one attached hydrogen (secondary N) is 1. The van der Waals surface area contributed by atoms with Crippen molar-refractivity contribution in [2.24, 2.45) is 0 Å². The predicted octanol–water partition coefficient (Wildman–Crippen LogP) is 3.99. The van der Waals surface area contributed by atoms with E-state index in [-0.39, 0.29) is 0 Å². The first-order valence-electron chi connectivity index (χ1n) is 8.42. The topological polar surface area (TPSA) is 15.3 Å². The lowest BCUT2D eigenvalue weighted by atomic mass is 9.78. The fourth-order valence-corrected chi connectivity index (χ4v) is 4.56. The van der Waals surface area contributed by atoms with Gasteiger partial charge in [-0.15, -0.1) is 0 Å². The Morgan fingerprint density at radius 1 is 1.19 bits per heavy atom. The van der Waals surface area contributed by atoms with Gasteiger partial charge in [0, 0.05) is 35.7 Å². The predicted molar refractivity (Wildman–Crippen MR) is 92.7 cm³/mol. The molecule has 3 heteroatoms. The van der Waals surface area contributed by atoms with Crippen molar-refractivity contribution in [1.82, 2.24) is 10.2 Å². The standard InChI is InChI=1S/C18H27BrN2/c1-15(13-16-5-7-17(19)8-6-16)21-12-11-20-14-18(21)9-3-2-4-10-18/h5-8,15,20H,2-4,9-14H2,1H3. The molecule has 1 aliphatic heterocycles. The van der Waals surface area contributed by atoms with Crippen LogP contribution in [0.4, 0.5) is 0 Å². The van der Waals surface area contributed by atoms with Gasteiger partial charge in [0.25, 0.3) is 0 Å². The van der Waals surface area contributed by atoms with Gasteiger partial charge in [-0.3, -0.25) is 4.90 Å². The Hall–Kier alpha value is -0.380. The van der Waals surface area contributed by atoms with Gasteiger partial charge in [-0.05, 0) is 43.9 Å². The van der Waals surface area contributed by atoms with Crippen LogP contribution < -0.4 is 5.32 Å². The lowest BCUT2D eigenvalue weighted by Gasteiger charge is -2.52. The number of piperazine rings is 1. The molecule has 1 saturated carbocycles. The molecule has 1 aromatic rings. The minimum atomic E-state index is 0.436. The maximum atomic E-state index is 3.65. The highest BCUT2D eigenvalue weighted by Crippen LogP contribution is 2.36. The molecule has 21 heavy (non-hydrogen) atoms. The first-order chi connectivity index (χ1) is 10.2. The summed E-state index contributed by atoms with van der Waals surface area (Å²) >= 11 is 3.53. The molecular formula is C18H27BrN2. The number of rotatable bonds is 3. The monoisotopic (exact) mass is 350 g/mol. The maximum Gasteiger partial charge on any atom is 0.0337 e. The second-order valence-corrected chi connectivity index (χ2v) is 7.75. The summed E-state index contributed by atoms with van der Waals surface area (Å²) in [4.78, 5) is 2.82. The summed E-state index contributed by atoms with van der Waals surface area (Å²) in [7, 11) is 0. The van der Waals surface area contributed by atoms with E-state index in [9.17, 15) is 0 Å². The Kier molecular flexibility index (Phi) is 5.03. The first kappa shape index (κ1) is 15.5. The van der Waals surface area contributed by atoms with Crippen molar-refractivity contribution in [2.75, 3.05) is 19.6 Å². The van der Waals surface area contributed by atoms with E-state index in [1.807, 2.05) is 0 Å². The van der Waals surface area contributed by atoms with Crippen LogP contribution >= 0.6 is 15.9 Å². The van der Waals surface area contributed by atoms with Crippen LogP contribution in [0.1, 0.15) is 44.6 Å². The quantitative estimate of drug-likeness (QED) is 0.886. The van der Waals surface area contributed by atoms with Crippen molar-refractivity contribution in [2.45, 2.75) is 57.0 Å². The van der Waals surface area contributed by atoms with Gasteiger partial charge in [0.15, 0.2) is 0 Å². The Morgan fingerprint density at radius 2 is 1.90 bits per heavy atom. The van der Waals surface area contributed by atoms with Crippen LogP contribution in [0.5, 0.6) is 0 Å². The molecule has 116 valence electrons. The van der Waals surface area contributed by atoms with Gasteiger partial charge in [-0.25, -0.2) is 0 Å². The molecular weight excluding hydrogens is 324 g/mol. The highest BCUT2D eigenvalue weighted by Gasteiger charge is 2.41. The van der Waals surface area contributed by atoms with Gasteiger partial charge in [0.2, 0.25) is 0 Å². The number of hydrogen-bond acceptors (Lipinski definition) is 2. The average molecular weight is 351 g/mol. The van der Waals surface area contributed by atoms with E-state index in [1.54, 1.807) is 0 Å². The highest BCUT2D eigenvalue weighted by molar-refractivity contribution is 9.10. The van der Waals surface area contributed by atoms with Crippen LogP contribution in [0.25, 0.3) is 0 Å². The minimum Gasteiger partial charge on any atom is -0.314 e. The molecule has 2 aliphatic rings. The van der Waals surface area contributed by atoms with E-state index >= 15 is 0 Å². The molecule has 0 radical (unpaired) electrons. The van der Waals surface area contributed by atoms with Crippen LogP contribution in [0.3, 0.4) is 0 Å². The fourth-order valence-electron chi connectivity index (χ4n) is 4.29. The zero-order valence-electron chi connectivity index (χ0n) is 13.1. The Labute approximate surface area is 137 Å². The average Bonchev–Trinajstić information content (AvgIpc) is 2.51. The fraction of sp³-hybridized carbons (Fsp3) is 0.667. The van der Waals surface area contributed by atoms with Crippen molar-refractivity contribution in [3.63, 3.8) is 0 Å². The van der Waals surface area contributed by atoms with Gasteiger partial charge in [0.1, 0.15) is 0 Å². The van der Waals surface area contributed by atoms with Gasteiger partial charge in [-0.2, -0.15) is 0 Å². The van der Waals surface area contributed by atoms with Crippen LogP contribution in [-0.2, 0) is 6.42 Å². The summed E-state index contributed by atoms with van der Waals surface area (Å²) in [6.07, 6.45) is 8.16. The third-order valence-electron chi connectivity index (χ3n) is 5.35. The van der Waals surface area contributed by atoms with E-state index in [2.05, 4.69) is 57.3 Å². The molecule has 0 aromatic heterocycles. The molecule has 2 fully saturated rings. The molecule has 1 heterocycles. The second-order valence-electron chi connectivity index (χ2n) is 6.83. The minimum absolute atomic E-state index is 0.436. The second kappa shape index (κ2) is 6.80. The van der Waals surface area contributed by atoms with Crippen molar-refractivity contribution in [3.05, 3.63) is 34.3 Å². The van der Waals surface area contributed by atoms with Crippen molar-refractivity contribution in [1.29, 1.82) is 0 Å². The van der Waals surface area contributed by atoms with E-state index in [4.69, 9.17) is 0 Å². The Bertz CT molecular complexity index is 443. The molecule has 1 saturated heterocycles. The van der Waals surface area contributed by atoms with Crippen molar-refractivity contribution < 1.29 is 0 Å². The lowest BCUT2D eigenvalue weighted by Crippen LogP contribution is -2.64. The molecule has 1 aromatic carbocycles. The van der Waals surface area contributed by atoms with Crippen molar-refractivity contribution >= 4 is 15.9 Å². The third kappa shape index (κ3) is 3.52. The van der Waals surface area contributed by atoms with Crippen LogP contribution in [0, 0.1) is 0 Å². The SMILES string of the molecule is CC(Cc1ccc(Br)cc1)N1CCNCC12CCCCC2. The zero-order chi connectivity index (χ0) is 14.7. The number of hydrogen-bond donors (Lipinski definition) is 1. The van der Waals surface area contributed by atoms with Gasteiger partial charge in [0.05, 0.1) is 0 Å². The highest BCUT2D eigenvalue weighted by atomic mass is 79.9. The number of halogens is 1. The Balaban J connectivity index is 1.71. The summed E-state index contributed by atoms with van der Waals surface area (Å²) in [6, 6.07) is 9.48.